The van der Waals surface area contributed by atoms with Crippen LogP contribution >= 0.6 is 0 Å². The molecular formula is C23H34N4O3. The first-order chi connectivity index (χ1) is 14.3. The topological polar surface area (TPSA) is 59.8 Å². The van der Waals surface area contributed by atoms with Gasteiger partial charge in [0, 0.05) is 53.2 Å². The number of nitrogens with zero attached hydrogens (tertiary/aromatic N) is 4. The summed E-state index contributed by atoms with van der Waals surface area (Å²) in [5.74, 6) is 0.703. The van der Waals surface area contributed by atoms with Gasteiger partial charge >= 0.3 is 0 Å². The fourth-order valence-electron chi connectivity index (χ4n) is 4.26. The largest absolute Gasteiger partial charge is 0.383 e. The highest BCUT2D eigenvalue weighted by atomic mass is 16.5. The second kappa shape index (κ2) is 9.18. The smallest absolute Gasteiger partial charge is 0.277 e. The first-order valence-corrected chi connectivity index (χ1v) is 10.5. The van der Waals surface area contributed by atoms with Gasteiger partial charge in [0.1, 0.15) is 11.5 Å². The molecule has 7 heteroatoms. The van der Waals surface area contributed by atoms with Gasteiger partial charge in [0.15, 0.2) is 0 Å². The van der Waals surface area contributed by atoms with Crippen molar-refractivity contribution in [1.29, 1.82) is 0 Å². The molecule has 30 heavy (non-hydrogen) atoms. The molecule has 1 fully saturated rings. The van der Waals surface area contributed by atoms with E-state index in [-0.39, 0.29) is 17.7 Å². The molecule has 0 saturated carbocycles. The number of rotatable bonds is 7. The van der Waals surface area contributed by atoms with E-state index in [1.807, 2.05) is 28.1 Å². The van der Waals surface area contributed by atoms with E-state index in [0.29, 0.717) is 31.1 Å². The molecule has 0 unspecified atom stereocenters. The minimum Gasteiger partial charge on any atom is -0.383 e. The average molecular weight is 415 g/mol. The maximum Gasteiger partial charge on any atom is 0.277 e. The van der Waals surface area contributed by atoms with Crippen LogP contribution in [0.4, 0.5) is 11.4 Å². The summed E-state index contributed by atoms with van der Waals surface area (Å²) in [4.78, 5) is 22.7. The molecule has 3 rings (SSSR count). The van der Waals surface area contributed by atoms with E-state index in [1.165, 1.54) is 0 Å². The quantitative estimate of drug-likeness (QED) is 0.694. The average Bonchev–Trinajstić information content (AvgIpc) is 3.12. The molecule has 1 aliphatic heterocycles. The number of hydrogen-bond acceptors (Lipinski definition) is 6. The Hall–Kier alpha value is -2.38. The summed E-state index contributed by atoms with van der Waals surface area (Å²) in [6, 6.07) is 6.34. The molecule has 1 saturated heterocycles. The lowest BCUT2D eigenvalue weighted by molar-refractivity contribution is 0.111. The third-order valence-corrected chi connectivity index (χ3v) is 6.00. The zero-order valence-corrected chi connectivity index (χ0v) is 19.2. The van der Waals surface area contributed by atoms with Gasteiger partial charge in [0.25, 0.3) is 5.56 Å². The van der Waals surface area contributed by atoms with Crippen LogP contribution in [0.15, 0.2) is 23.0 Å². The van der Waals surface area contributed by atoms with Gasteiger partial charge in [-0.05, 0) is 43.5 Å². The number of aryl methyl sites for hydroxylation is 2. The van der Waals surface area contributed by atoms with Crippen LogP contribution in [-0.4, -0.2) is 63.2 Å². The Morgan fingerprint density at radius 3 is 2.57 bits per heavy atom. The Bertz CT molecular complexity index is 954. The van der Waals surface area contributed by atoms with Crippen molar-refractivity contribution in [3.63, 3.8) is 0 Å². The van der Waals surface area contributed by atoms with Crippen LogP contribution < -0.4 is 15.4 Å². The highest BCUT2D eigenvalue weighted by Gasteiger charge is 2.35. The van der Waals surface area contributed by atoms with E-state index in [4.69, 9.17) is 14.5 Å². The van der Waals surface area contributed by atoms with Gasteiger partial charge in [-0.3, -0.25) is 9.36 Å². The SMILES string of the molecule is CCc1nc(-c2ccc(N(C)C)cc2C)n(C)c(=O)c1N1C[C@H](OC)C[C@H]1COC. The number of benzene rings is 1. The van der Waals surface area contributed by atoms with E-state index < -0.39 is 0 Å². The van der Waals surface area contributed by atoms with Crippen LogP contribution in [-0.2, 0) is 22.9 Å². The lowest BCUT2D eigenvalue weighted by atomic mass is 10.1. The van der Waals surface area contributed by atoms with Crippen LogP contribution in [0.3, 0.4) is 0 Å². The monoisotopic (exact) mass is 414 g/mol. The lowest BCUT2D eigenvalue weighted by Gasteiger charge is -2.28. The summed E-state index contributed by atoms with van der Waals surface area (Å²) in [5, 5.41) is 0. The second-order valence-corrected chi connectivity index (χ2v) is 8.20. The van der Waals surface area contributed by atoms with Crippen molar-refractivity contribution in [3.8, 4) is 11.4 Å². The van der Waals surface area contributed by atoms with Gasteiger partial charge in [-0.25, -0.2) is 4.98 Å². The predicted octanol–water partition coefficient (Wildman–Crippen LogP) is 2.62. The Morgan fingerprint density at radius 1 is 1.27 bits per heavy atom. The van der Waals surface area contributed by atoms with E-state index in [9.17, 15) is 4.79 Å². The van der Waals surface area contributed by atoms with Crippen LogP contribution in [0, 0.1) is 6.92 Å². The molecule has 2 heterocycles. The maximum atomic E-state index is 13.6. The van der Waals surface area contributed by atoms with Gasteiger partial charge in [-0.2, -0.15) is 0 Å². The number of anilines is 2. The van der Waals surface area contributed by atoms with Gasteiger partial charge in [0.2, 0.25) is 0 Å². The summed E-state index contributed by atoms with van der Waals surface area (Å²) >= 11 is 0. The zero-order chi connectivity index (χ0) is 22.0. The third kappa shape index (κ3) is 4.09. The molecule has 0 aliphatic carbocycles. The van der Waals surface area contributed by atoms with Crippen molar-refractivity contribution < 1.29 is 9.47 Å². The van der Waals surface area contributed by atoms with Crippen LogP contribution in [0.2, 0.25) is 0 Å². The molecule has 7 nitrogen and oxygen atoms in total. The van der Waals surface area contributed by atoms with Gasteiger partial charge in [-0.1, -0.05) is 6.92 Å². The van der Waals surface area contributed by atoms with E-state index in [0.717, 1.165) is 28.9 Å². The number of ether oxygens (including phenoxy) is 2. The first-order valence-electron chi connectivity index (χ1n) is 10.5. The molecule has 1 aliphatic rings. The first kappa shape index (κ1) is 22.3. The summed E-state index contributed by atoms with van der Waals surface area (Å²) in [6.07, 6.45) is 1.60. The molecule has 2 atom stereocenters. The number of hydrogen-bond donors (Lipinski definition) is 0. The van der Waals surface area contributed by atoms with Gasteiger partial charge in [-0.15, -0.1) is 0 Å². The van der Waals surface area contributed by atoms with Crippen molar-refractivity contribution in [3.05, 3.63) is 39.8 Å². The Morgan fingerprint density at radius 2 is 2.00 bits per heavy atom. The Labute approximate surface area is 179 Å². The highest BCUT2D eigenvalue weighted by Crippen LogP contribution is 2.30. The molecule has 0 bridgehead atoms. The van der Waals surface area contributed by atoms with E-state index in [2.05, 4.69) is 34.9 Å². The summed E-state index contributed by atoms with van der Waals surface area (Å²) < 4.78 is 12.7. The zero-order valence-electron chi connectivity index (χ0n) is 19.2. The van der Waals surface area contributed by atoms with Crippen molar-refractivity contribution in [2.75, 3.05) is 51.3 Å². The third-order valence-electron chi connectivity index (χ3n) is 6.00. The minimum atomic E-state index is -0.0224. The van der Waals surface area contributed by atoms with Crippen LogP contribution in [0.25, 0.3) is 11.4 Å². The molecule has 1 aromatic carbocycles. The second-order valence-electron chi connectivity index (χ2n) is 8.20. The van der Waals surface area contributed by atoms with Crippen molar-refractivity contribution in [2.24, 2.45) is 7.05 Å². The predicted molar refractivity (Wildman–Crippen MR) is 122 cm³/mol. The molecule has 1 aromatic heterocycles. The fraction of sp³-hybridized carbons (Fsp3) is 0.565. The number of aromatic nitrogens is 2. The molecule has 0 N–H and O–H groups in total. The van der Waals surface area contributed by atoms with Crippen molar-refractivity contribution in [2.45, 2.75) is 38.8 Å². The van der Waals surface area contributed by atoms with E-state index >= 15 is 0 Å². The highest BCUT2D eigenvalue weighted by molar-refractivity contribution is 5.67. The molecular weight excluding hydrogens is 380 g/mol. The summed E-state index contributed by atoms with van der Waals surface area (Å²) in [7, 11) is 9.26. The van der Waals surface area contributed by atoms with E-state index in [1.54, 1.807) is 18.8 Å². The summed E-state index contributed by atoms with van der Waals surface area (Å²) in [6.45, 7) is 5.34. The normalized spacial score (nSPS) is 18.8. The molecule has 0 spiro atoms. The Kier molecular flexibility index (Phi) is 6.83. The molecule has 164 valence electrons. The maximum absolute atomic E-state index is 13.6. The Balaban J connectivity index is 2.11. The molecule has 0 radical (unpaired) electrons. The fourth-order valence-corrected chi connectivity index (χ4v) is 4.26. The number of methoxy groups -OCH3 is 2. The minimum absolute atomic E-state index is 0.0224. The van der Waals surface area contributed by atoms with Crippen molar-refractivity contribution >= 4 is 11.4 Å². The van der Waals surface area contributed by atoms with Gasteiger partial charge in [0.05, 0.1) is 24.4 Å². The lowest BCUT2D eigenvalue weighted by Crippen LogP contribution is -2.40. The van der Waals surface area contributed by atoms with Crippen molar-refractivity contribution in [1.82, 2.24) is 9.55 Å². The summed E-state index contributed by atoms with van der Waals surface area (Å²) in [5.41, 5.74) is 4.67. The van der Waals surface area contributed by atoms with Crippen LogP contribution in [0.1, 0.15) is 24.6 Å². The standard InChI is InChI=1S/C23H34N4O3/c1-8-20-21(27-13-18(30-7)12-17(27)14-29-6)23(28)26(5)22(24-20)19-10-9-16(25(3)4)11-15(19)2/h9-11,17-18H,8,12-14H2,1-7H3/t17-,18+/m0/s1. The molecule has 2 aromatic rings. The van der Waals surface area contributed by atoms with Crippen LogP contribution in [0.5, 0.6) is 0 Å². The molecule has 0 amide bonds. The van der Waals surface area contributed by atoms with Gasteiger partial charge < -0.3 is 19.3 Å².